The topological polar surface area (TPSA) is 178 Å². The second-order valence-corrected chi connectivity index (χ2v) is 23.4. The average Bonchev–Trinajstić information content (AvgIpc) is 3.39. The van der Waals surface area contributed by atoms with E-state index in [0.29, 0.717) is 13.0 Å². The number of aliphatic hydroxyl groups is 3. The second kappa shape index (κ2) is 53.5. The van der Waals surface area contributed by atoms with Crippen LogP contribution in [0, 0.1) is 0 Å². The molecule has 1 aliphatic heterocycles. The number of rotatable bonds is 58. The number of hydrogen-bond acceptors (Lipinski definition) is 11. The molecule has 6 unspecified atom stereocenters. The molecule has 0 aromatic carbocycles. The summed E-state index contributed by atoms with van der Waals surface area (Å²) in [7, 11) is -5.07. The van der Waals surface area contributed by atoms with Crippen molar-refractivity contribution in [1.82, 2.24) is 0 Å². The highest BCUT2D eigenvalue weighted by Gasteiger charge is 2.48. The number of carbonyl (C=O) groups excluding carboxylic acids is 1. The van der Waals surface area contributed by atoms with E-state index in [9.17, 15) is 33.1 Å². The number of carbonyl (C=O) groups is 1. The summed E-state index contributed by atoms with van der Waals surface area (Å²) in [6.07, 6.45) is 55.5. The standard InChI is InChI=1S/C62H120O12S/c1-3-5-7-9-11-13-15-17-19-21-23-25-27-29-31-33-35-37-39-41-43-45-47-49-51-58(64)72-56(55-71-62-60(66)61(74-75(67,68)69)59(65)57(53-63)73-62)54-70-52-50-48-46-44-42-40-38-36-34-32-30-28-26-24-22-20-18-16-14-12-10-8-6-4-2/h22,24,56-57,59-63,65-66H,3-21,23,25-55H2,1-2H3,(H,67,68,69)/b24-22-. The lowest BCUT2D eigenvalue weighted by atomic mass is 9.99. The van der Waals surface area contributed by atoms with Gasteiger partial charge in [-0.1, -0.05) is 283 Å². The minimum atomic E-state index is -5.07. The molecule has 6 atom stereocenters. The number of ether oxygens (including phenoxy) is 4. The van der Waals surface area contributed by atoms with Crippen LogP contribution in [0.3, 0.4) is 0 Å². The highest BCUT2D eigenvalue weighted by Crippen LogP contribution is 2.26. The third-order valence-corrected chi connectivity index (χ3v) is 15.6. The third-order valence-electron chi connectivity index (χ3n) is 15.1. The summed E-state index contributed by atoms with van der Waals surface area (Å²) < 4.78 is 59.6. The lowest BCUT2D eigenvalue weighted by molar-refractivity contribution is -0.301. The quantitative estimate of drug-likeness (QED) is 0.0196. The Hall–Kier alpha value is -1.16. The first kappa shape index (κ1) is 71.9. The van der Waals surface area contributed by atoms with Gasteiger partial charge in [0.15, 0.2) is 6.29 Å². The van der Waals surface area contributed by atoms with Crippen molar-refractivity contribution >= 4 is 16.4 Å². The summed E-state index contributed by atoms with van der Waals surface area (Å²) in [6.45, 7) is 4.08. The summed E-state index contributed by atoms with van der Waals surface area (Å²) >= 11 is 0. The molecule has 0 aliphatic carbocycles. The lowest BCUT2D eigenvalue weighted by Gasteiger charge is -2.41. The molecule has 1 saturated heterocycles. The molecule has 1 aliphatic rings. The SMILES string of the molecule is CCCCCCCCCC/C=C\CCCCCCCCCCCCCCOCC(COC1OC(CO)C(O)C(OS(=O)(=O)O)C1O)OC(=O)CCCCCCCCCCCCCCCCCCCCCCCCCC. The maximum Gasteiger partial charge on any atom is 0.397 e. The third kappa shape index (κ3) is 46.3. The van der Waals surface area contributed by atoms with Crippen molar-refractivity contribution in [2.75, 3.05) is 26.4 Å². The first-order chi connectivity index (χ1) is 36.6. The Morgan fingerprint density at radius 3 is 1.20 bits per heavy atom. The van der Waals surface area contributed by atoms with Gasteiger partial charge in [0.25, 0.3) is 0 Å². The Morgan fingerprint density at radius 1 is 0.493 bits per heavy atom. The van der Waals surface area contributed by atoms with Crippen molar-refractivity contribution in [2.45, 2.75) is 352 Å². The summed E-state index contributed by atoms with van der Waals surface area (Å²) in [5.74, 6) is -0.389. The van der Waals surface area contributed by atoms with Gasteiger partial charge in [-0.3, -0.25) is 9.35 Å². The van der Waals surface area contributed by atoms with Crippen LogP contribution in [-0.2, 0) is 38.3 Å². The van der Waals surface area contributed by atoms with Gasteiger partial charge in [-0.2, -0.15) is 8.42 Å². The van der Waals surface area contributed by atoms with Gasteiger partial charge in [0.1, 0.15) is 30.5 Å². The molecular weight excluding hydrogens is 969 g/mol. The van der Waals surface area contributed by atoms with Crippen molar-refractivity contribution in [3.63, 3.8) is 0 Å². The van der Waals surface area contributed by atoms with Crippen LogP contribution in [0.5, 0.6) is 0 Å². The zero-order valence-corrected chi connectivity index (χ0v) is 49.5. The van der Waals surface area contributed by atoms with E-state index in [4.69, 9.17) is 18.9 Å². The van der Waals surface area contributed by atoms with E-state index in [1.54, 1.807) is 0 Å². The Kier molecular flexibility index (Phi) is 51.2. The summed E-state index contributed by atoms with van der Waals surface area (Å²) in [6, 6.07) is 0. The van der Waals surface area contributed by atoms with Crippen LogP contribution in [-0.4, -0.2) is 97.5 Å². The number of unbranched alkanes of at least 4 members (excludes halogenated alkanes) is 43. The molecule has 4 N–H and O–H groups in total. The maximum absolute atomic E-state index is 13.0. The van der Waals surface area contributed by atoms with Gasteiger partial charge in [-0.15, -0.1) is 0 Å². The fourth-order valence-corrected chi connectivity index (χ4v) is 10.8. The van der Waals surface area contributed by atoms with Gasteiger partial charge in [-0.25, -0.2) is 4.18 Å². The summed E-state index contributed by atoms with van der Waals surface area (Å²) in [5.41, 5.74) is 0. The van der Waals surface area contributed by atoms with Crippen molar-refractivity contribution in [3.05, 3.63) is 12.2 Å². The first-order valence-electron chi connectivity index (χ1n) is 31.9. The van der Waals surface area contributed by atoms with Crippen LogP contribution < -0.4 is 0 Å². The molecule has 0 spiro atoms. The molecule has 446 valence electrons. The fraction of sp³-hybridized carbons (Fsp3) is 0.952. The van der Waals surface area contributed by atoms with E-state index >= 15 is 0 Å². The van der Waals surface area contributed by atoms with Gasteiger partial charge in [0.05, 0.1) is 19.8 Å². The van der Waals surface area contributed by atoms with Crippen LogP contribution in [0.25, 0.3) is 0 Å². The molecule has 0 bridgehead atoms. The molecule has 1 rings (SSSR count). The van der Waals surface area contributed by atoms with Gasteiger partial charge in [-0.05, 0) is 38.5 Å². The van der Waals surface area contributed by atoms with Crippen LogP contribution in [0.4, 0.5) is 0 Å². The lowest BCUT2D eigenvalue weighted by Crippen LogP contribution is -2.60. The van der Waals surface area contributed by atoms with Crippen molar-refractivity contribution in [1.29, 1.82) is 0 Å². The van der Waals surface area contributed by atoms with Gasteiger partial charge in [0.2, 0.25) is 0 Å². The van der Waals surface area contributed by atoms with Crippen LogP contribution >= 0.6 is 0 Å². The second-order valence-electron chi connectivity index (χ2n) is 22.4. The maximum atomic E-state index is 13.0. The predicted molar refractivity (Wildman–Crippen MR) is 308 cm³/mol. The molecular formula is C62H120O12S. The number of hydrogen-bond donors (Lipinski definition) is 4. The first-order valence-corrected chi connectivity index (χ1v) is 33.3. The zero-order valence-electron chi connectivity index (χ0n) is 48.6. The van der Waals surface area contributed by atoms with Crippen LogP contribution in [0.1, 0.15) is 316 Å². The number of aliphatic hydroxyl groups excluding tert-OH is 3. The molecule has 0 radical (unpaired) electrons. The van der Waals surface area contributed by atoms with E-state index in [1.807, 2.05) is 0 Å². The number of esters is 1. The fourth-order valence-electron chi connectivity index (χ4n) is 10.3. The molecule has 0 aromatic rings. The van der Waals surface area contributed by atoms with Gasteiger partial charge >= 0.3 is 16.4 Å². The highest BCUT2D eigenvalue weighted by atomic mass is 32.3. The Morgan fingerprint density at radius 2 is 0.840 bits per heavy atom. The molecule has 75 heavy (non-hydrogen) atoms. The minimum absolute atomic E-state index is 0.0427. The van der Waals surface area contributed by atoms with Gasteiger partial charge in [0, 0.05) is 13.0 Å². The van der Waals surface area contributed by atoms with Crippen molar-refractivity contribution < 1.29 is 56.2 Å². The molecule has 0 aromatic heterocycles. The highest BCUT2D eigenvalue weighted by molar-refractivity contribution is 7.80. The van der Waals surface area contributed by atoms with Crippen molar-refractivity contribution in [2.24, 2.45) is 0 Å². The zero-order chi connectivity index (χ0) is 54.6. The van der Waals surface area contributed by atoms with E-state index in [2.05, 4.69) is 30.2 Å². The summed E-state index contributed by atoms with van der Waals surface area (Å²) in [4.78, 5) is 13.0. The molecule has 1 heterocycles. The Bertz CT molecular complexity index is 1350. The Balaban J connectivity index is 2.23. The molecule has 0 amide bonds. The average molecular weight is 1090 g/mol. The number of allylic oxidation sites excluding steroid dienone is 2. The summed E-state index contributed by atoms with van der Waals surface area (Å²) in [5, 5.41) is 30.9. The van der Waals surface area contributed by atoms with E-state index < -0.39 is 53.8 Å². The van der Waals surface area contributed by atoms with Gasteiger partial charge < -0.3 is 34.3 Å². The minimum Gasteiger partial charge on any atom is -0.457 e. The monoisotopic (exact) mass is 1090 g/mol. The molecule has 0 saturated carbocycles. The predicted octanol–water partition coefficient (Wildman–Crippen LogP) is 16.5. The van der Waals surface area contributed by atoms with E-state index in [1.165, 1.54) is 250 Å². The molecule has 13 heteroatoms. The molecule has 12 nitrogen and oxygen atoms in total. The van der Waals surface area contributed by atoms with Crippen molar-refractivity contribution in [3.8, 4) is 0 Å². The largest absolute Gasteiger partial charge is 0.457 e. The van der Waals surface area contributed by atoms with E-state index in [0.717, 1.165) is 38.5 Å². The smallest absolute Gasteiger partial charge is 0.397 e. The van der Waals surface area contributed by atoms with Crippen LogP contribution in [0.15, 0.2) is 12.2 Å². The molecule has 1 fully saturated rings. The normalized spacial score (nSPS) is 18.6. The van der Waals surface area contributed by atoms with E-state index in [-0.39, 0.29) is 25.6 Å². The van der Waals surface area contributed by atoms with Crippen LogP contribution in [0.2, 0.25) is 0 Å². The Labute approximate surface area is 461 Å².